The van der Waals surface area contributed by atoms with E-state index in [1.807, 2.05) is 24.4 Å². The van der Waals surface area contributed by atoms with Crippen molar-refractivity contribution in [2.24, 2.45) is 0 Å². The molecule has 4 rings (SSSR count). The number of pyridine rings is 1. The second-order valence-electron chi connectivity index (χ2n) is 7.53. The summed E-state index contributed by atoms with van der Waals surface area (Å²) in [6, 6.07) is 6.21. The van der Waals surface area contributed by atoms with Crippen molar-refractivity contribution in [2.45, 2.75) is 26.4 Å². The molecule has 0 saturated heterocycles. The first kappa shape index (κ1) is 20.0. The van der Waals surface area contributed by atoms with E-state index in [9.17, 15) is 8.42 Å². The van der Waals surface area contributed by atoms with Crippen molar-refractivity contribution < 1.29 is 8.42 Å². The van der Waals surface area contributed by atoms with Crippen LogP contribution in [-0.4, -0.2) is 56.6 Å². The minimum atomic E-state index is -3.08. The summed E-state index contributed by atoms with van der Waals surface area (Å²) < 4.78 is 24.4. The number of anilines is 1. The molecule has 3 heterocycles. The first-order valence-electron chi connectivity index (χ1n) is 9.57. The third-order valence-corrected chi connectivity index (χ3v) is 5.57. The van der Waals surface area contributed by atoms with Crippen LogP contribution in [0, 0.1) is 0 Å². The zero-order chi connectivity index (χ0) is 21.3. The maximum atomic E-state index is 11.4. The van der Waals surface area contributed by atoms with Crippen molar-refractivity contribution in [1.29, 1.82) is 0 Å². The van der Waals surface area contributed by atoms with Crippen LogP contribution < -0.4 is 5.32 Å². The van der Waals surface area contributed by atoms with Crippen molar-refractivity contribution in [2.75, 3.05) is 17.3 Å². The molecule has 156 valence electrons. The van der Waals surface area contributed by atoms with E-state index < -0.39 is 9.84 Å². The molecule has 0 radical (unpaired) electrons. The Morgan fingerprint density at radius 2 is 2.03 bits per heavy atom. The number of aromatic amines is 1. The third kappa shape index (κ3) is 4.18. The van der Waals surface area contributed by atoms with E-state index >= 15 is 0 Å². The van der Waals surface area contributed by atoms with Crippen molar-refractivity contribution in [1.82, 2.24) is 30.2 Å². The number of aryl methyl sites for hydroxylation is 1. The van der Waals surface area contributed by atoms with Gasteiger partial charge in [0.25, 0.3) is 0 Å². The summed E-state index contributed by atoms with van der Waals surface area (Å²) in [5.74, 6) is 0.0108. The molecule has 0 aliphatic heterocycles. The van der Waals surface area contributed by atoms with Gasteiger partial charge in [0.05, 0.1) is 35.9 Å². The molecule has 0 saturated carbocycles. The van der Waals surface area contributed by atoms with Crippen molar-refractivity contribution >= 4 is 26.4 Å². The summed E-state index contributed by atoms with van der Waals surface area (Å²) in [6.07, 6.45) is 8.35. The van der Waals surface area contributed by atoms with E-state index in [1.165, 1.54) is 6.26 Å². The highest BCUT2D eigenvalue weighted by molar-refractivity contribution is 7.90. The van der Waals surface area contributed by atoms with Gasteiger partial charge in [-0.05, 0) is 13.8 Å². The number of H-pyrrole nitrogens is 1. The van der Waals surface area contributed by atoms with Crippen LogP contribution in [0.3, 0.4) is 0 Å². The molecule has 0 fully saturated rings. The largest absolute Gasteiger partial charge is 0.382 e. The van der Waals surface area contributed by atoms with Crippen LogP contribution in [-0.2, 0) is 16.4 Å². The number of nitrogens with one attached hydrogen (secondary N) is 2. The summed E-state index contributed by atoms with van der Waals surface area (Å²) in [5, 5.41) is 19.7. The molecule has 0 bridgehead atoms. The van der Waals surface area contributed by atoms with Crippen LogP contribution in [0.15, 0.2) is 43.0 Å². The van der Waals surface area contributed by atoms with Gasteiger partial charge in [-0.15, -0.1) is 5.10 Å². The number of hydrogen-bond donors (Lipinski definition) is 2. The second-order valence-corrected chi connectivity index (χ2v) is 9.79. The lowest BCUT2D eigenvalue weighted by atomic mass is 10.0. The van der Waals surface area contributed by atoms with Crippen LogP contribution in [0.1, 0.15) is 13.8 Å². The van der Waals surface area contributed by atoms with E-state index in [1.54, 1.807) is 23.3 Å². The molecule has 10 heteroatoms. The second kappa shape index (κ2) is 7.86. The SMILES string of the molecule is CC(C)Nc1c(-c2cn(CCS(C)(=O)=O)nn2)cnc2c(-c3cn[nH]c3)cccc12. The van der Waals surface area contributed by atoms with Gasteiger partial charge in [0.2, 0.25) is 0 Å². The van der Waals surface area contributed by atoms with Crippen LogP contribution in [0.25, 0.3) is 33.3 Å². The van der Waals surface area contributed by atoms with Gasteiger partial charge in [0.15, 0.2) is 0 Å². The van der Waals surface area contributed by atoms with Gasteiger partial charge in [-0.2, -0.15) is 5.10 Å². The van der Waals surface area contributed by atoms with Gasteiger partial charge < -0.3 is 5.32 Å². The number of benzene rings is 1. The molecular weight excluding hydrogens is 402 g/mol. The number of fused-ring (bicyclic) bond motifs is 1. The van der Waals surface area contributed by atoms with Gasteiger partial charge in [0.1, 0.15) is 15.5 Å². The topological polar surface area (TPSA) is 118 Å². The number of para-hydroxylation sites is 1. The average Bonchev–Trinajstić information content (AvgIpc) is 3.37. The van der Waals surface area contributed by atoms with E-state index in [0.29, 0.717) is 5.69 Å². The molecule has 0 atom stereocenters. The zero-order valence-corrected chi connectivity index (χ0v) is 17.8. The smallest absolute Gasteiger partial charge is 0.149 e. The van der Waals surface area contributed by atoms with E-state index in [-0.39, 0.29) is 18.3 Å². The number of sulfone groups is 1. The lowest BCUT2D eigenvalue weighted by Gasteiger charge is -2.17. The van der Waals surface area contributed by atoms with E-state index in [0.717, 1.165) is 33.3 Å². The van der Waals surface area contributed by atoms with E-state index in [4.69, 9.17) is 4.98 Å². The predicted molar refractivity (Wildman–Crippen MR) is 117 cm³/mol. The number of hydrogen-bond acceptors (Lipinski definition) is 7. The summed E-state index contributed by atoms with van der Waals surface area (Å²) in [6.45, 7) is 4.39. The normalized spacial score (nSPS) is 12.0. The standard InChI is InChI=1S/C20H23N7O2S/c1-13(2)24-20-16-6-4-5-15(14-9-22-23-10-14)19(16)21-11-17(20)18-12-27(26-25-18)7-8-30(3,28)29/h4-6,9-13H,7-8H2,1-3H3,(H,21,24)(H,22,23). The molecule has 0 spiro atoms. The summed E-state index contributed by atoms with van der Waals surface area (Å²) in [5.41, 5.74) is 5.16. The van der Waals surface area contributed by atoms with Crippen LogP contribution in [0.4, 0.5) is 5.69 Å². The first-order valence-corrected chi connectivity index (χ1v) is 11.6. The predicted octanol–water partition coefficient (Wildman–Crippen LogP) is 2.75. The molecular formula is C20H23N7O2S. The van der Waals surface area contributed by atoms with Gasteiger partial charge in [-0.3, -0.25) is 14.8 Å². The highest BCUT2D eigenvalue weighted by Crippen LogP contribution is 2.36. The minimum absolute atomic E-state index is 0.0108. The molecule has 9 nitrogen and oxygen atoms in total. The summed E-state index contributed by atoms with van der Waals surface area (Å²) in [4.78, 5) is 4.72. The maximum Gasteiger partial charge on any atom is 0.149 e. The summed E-state index contributed by atoms with van der Waals surface area (Å²) in [7, 11) is -3.08. The lowest BCUT2D eigenvalue weighted by Crippen LogP contribution is -2.12. The van der Waals surface area contributed by atoms with Gasteiger partial charge >= 0.3 is 0 Å². The fourth-order valence-corrected chi connectivity index (χ4v) is 3.80. The Bertz CT molecular complexity index is 1280. The minimum Gasteiger partial charge on any atom is -0.382 e. The Kier molecular flexibility index (Phi) is 5.25. The highest BCUT2D eigenvalue weighted by Gasteiger charge is 2.17. The molecule has 4 aromatic rings. The molecule has 0 aliphatic rings. The lowest BCUT2D eigenvalue weighted by molar-refractivity contribution is 0.579. The highest BCUT2D eigenvalue weighted by atomic mass is 32.2. The Hall–Kier alpha value is -3.27. The molecule has 0 aliphatic carbocycles. The average molecular weight is 426 g/mol. The molecule has 3 aromatic heterocycles. The van der Waals surface area contributed by atoms with Gasteiger partial charge in [-0.25, -0.2) is 8.42 Å². The van der Waals surface area contributed by atoms with E-state index in [2.05, 4.69) is 39.7 Å². The number of aromatic nitrogens is 6. The molecule has 0 amide bonds. The van der Waals surface area contributed by atoms with Gasteiger partial charge in [-0.1, -0.05) is 23.4 Å². The quantitative estimate of drug-likeness (QED) is 0.467. The molecule has 30 heavy (non-hydrogen) atoms. The fraction of sp³-hybridized carbons (Fsp3) is 0.300. The molecule has 1 aromatic carbocycles. The fourth-order valence-electron chi connectivity index (χ4n) is 3.28. The van der Waals surface area contributed by atoms with Gasteiger partial charge in [0, 0.05) is 46.8 Å². The Morgan fingerprint density at radius 1 is 1.20 bits per heavy atom. The first-order chi connectivity index (χ1) is 14.3. The zero-order valence-electron chi connectivity index (χ0n) is 17.0. The molecule has 0 unspecified atom stereocenters. The maximum absolute atomic E-state index is 11.4. The van der Waals surface area contributed by atoms with Crippen molar-refractivity contribution in [3.8, 4) is 22.4 Å². The van der Waals surface area contributed by atoms with Crippen LogP contribution >= 0.6 is 0 Å². The van der Waals surface area contributed by atoms with Crippen molar-refractivity contribution in [3.05, 3.63) is 43.0 Å². The Labute approximate surface area is 174 Å². The van der Waals surface area contributed by atoms with Crippen molar-refractivity contribution in [3.63, 3.8) is 0 Å². The number of nitrogens with zero attached hydrogens (tertiary/aromatic N) is 5. The van der Waals surface area contributed by atoms with Crippen LogP contribution in [0.2, 0.25) is 0 Å². The van der Waals surface area contributed by atoms with Crippen LogP contribution in [0.5, 0.6) is 0 Å². The Balaban J connectivity index is 1.81. The third-order valence-electron chi connectivity index (χ3n) is 4.65. The monoisotopic (exact) mass is 425 g/mol. The Morgan fingerprint density at radius 3 is 2.73 bits per heavy atom. The summed E-state index contributed by atoms with van der Waals surface area (Å²) >= 11 is 0. The molecule has 2 N–H and O–H groups in total. The number of rotatable bonds is 7.